The van der Waals surface area contributed by atoms with Crippen LogP contribution in [0.15, 0.2) is 40.3 Å². The van der Waals surface area contributed by atoms with Crippen LogP contribution in [0.3, 0.4) is 0 Å². The van der Waals surface area contributed by atoms with Gasteiger partial charge < -0.3 is 0 Å². The van der Waals surface area contributed by atoms with Crippen LogP contribution in [0.5, 0.6) is 0 Å². The monoisotopic (exact) mass is 321 g/mol. The lowest BCUT2D eigenvalue weighted by atomic mass is 10.2. The van der Waals surface area contributed by atoms with Crippen molar-refractivity contribution < 1.29 is 8.42 Å². The minimum Gasteiger partial charge on any atom is -0.265 e. The van der Waals surface area contributed by atoms with Gasteiger partial charge in [-0.3, -0.25) is 4.79 Å². The second kappa shape index (κ2) is 4.41. The van der Waals surface area contributed by atoms with E-state index in [1.807, 2.05) is 18.2 Å². The summed E-state index contributed by atoms with van der Waals surface area (Å²) < 4.78 is 25.1. The number of nitrogens with zero attached hydrogens (tertiary/aromatic N) is 3. The molecule has 2 aliphatic rings. The van der Waals surface area contributed by atoms with E-state index in [1.165, 1.54) is 11.8 Å². The summed E-state index contributed by atoms with van der Waals surface area (Å²) in [5.74, 6) is 0.200. The van der Waals surface area contributed by atoms with Crippen molar-refractivity contribution in [3.05, 3.63) is 40.7 Å². The summed E-state index contributed by atoms with van der Waals surface area (Å²) in [4.78, 5) is 16.2. The summed E-state index contributed by atoms with van der Waals surface area (Å²) in [5.41, 5.74) is 0.590. The third-order valence-electron chi connectivity index (χ3n) is 3.69. The Labute approximate surface area is 125 Å². The molecule has 0 aliphatic carbocycles. The molecule has 2 aliphatic heterocycles. The smallest absolute Gasteiger partial charge is 0.265 e. The zero-order valence-electron chi connectivity index (χ0n) is 10.8. The molecule has 6 nitrogen and oxygen atoms in total. The fourth-order valence-electron chi connectivity index (χ4n) is 2.73. The summed E-state index contributed by atoms with van der Waals surface area (Å²) >= 11 is 1.34. The predicted molar refractivity (Wildman–Crippen MR) is 79.1 cm³/mol. The molecule has 0 amide bonds. The van der Waals surface area contributed by atoms with Crippen LogP contribution in [0.1, 0.15) is 6.04 Å². The molecule has 2 aromatic rings. The normalized spacial score (nSPS) is 25.5. The Kier molecular flexibility index (Phi) is 2.74. The summed E-state index contributed by atoms with van der Waals surface area (Å²) in [5, 5.41) is 4.82. The maximum absolute atomic E-state index is 12.1. The Bertz CT molecular complexity index is 877. The first kappa shape index (κ1) is 13.0. The number of hydrogen-bond donors (Lipinski definition) is 0. The lowest BCUT2D eigenvalue weighted by Crippen LogP contribution is -2.22. The van der Waals surface area contributed by atoms with Crippen molar-refractivity contribution in [2.24, 2.45) is 0 Å². The van der Waals surface area contributed by atoms with Crippen molar-refractivity contribution in [1.29, 1.82) is 0 Å². The van der Waals surface area contributed by atoms with Crippen molar-refractivity contribution in [1.82, 2.24) is 14.8 Å². The Morgan fingerprint density at radius 2 is 1.95 bits per heavy atom. The van der Waals surface area contributed by atoms with E-state index < -0.39 is 9.84 Å². The minimum atomic E-state index is -3.02. The van der Waals surface area contributed by atoms with Crippen molar-refractivity contribution >= 4 is 21.6 Å². The van der Waals surface area contributed by atoms with E-state index in [9.17, 15) is 13.2 Å². The Balaban J connectivity index is 1.85. The van der Waals surface area contributed by atoms with Crippen LogP contribution in [0.2, 0.25) is 0 Å². The number of aromatic nitrogens is 3. The van der Waals surface area contributed by atoms with E-state index in [4.69, 9.17) is 0 Å². The van der Waals surface area contributed by atoms with E-state index in [0.29, 0.717) is 10.7 Å². The molecule has 108 valence electrons. The lowest BCUT2D eigenvalue weighted by Gasteiger charge is -2.10. The fourth-order valence-corrected chi connectivity index (χ4v) is 6.56. The molecule has 1 aromatic heterocycles. The van der Waals surface area contributed by atoms with Gasteiger partial charge in [-0.25, -0.2) is 13.1 Å². The molecule has 0 spiro atoms. The molecule has 3 heterocycles. The van der Waals surface area contributed by atoms with Gasteiger partial charge in [-0.1, -0.05) is 42.1 Å². The van der Waals surface area contributed by atoms with Crippen LogP contribution in [-0.2, 0) is 9.84 Å². The maximum atomic E-state index is 12.1. The molecule has 8 heteroatoms. The molecule has 0 bridgehead atoms. The highest BCUT2D eigenvalue weighted by atomic mass is 32.2. The molecular weight excluding hydrogens is 310 g/mol. The van der Waals surface area contributed by atoms with Crippen LogP contribution < -0.4 is 5.56 Å². The molecule has 1 fully saturated rings. The molecule has 2 unspecified atom stereocenters. The van der Waals surface area contributed by atoms with Gasteiger partial charge in [-0.15, -0.1) is 0 Å². The van der Waals surface area contributed by atoms with Crippen molar-refractivity contribution in [2.75, 3.05) is 11.5 Å². The minimum absolute atomic E-state index is 0.0729. The van der Waals surface area contributed by atoms with Gasteiger partial charge in [0.15, 0.2) is 20.7 Å². The van der Waals surface area contributed by atoms with Crippen LogP contribution in [0, 0.1) is 0 Å². The van der Waals surface area contributed by atoms with Crippen molar-refractivity contribution in [3.8, 4) is 11.3 Å². The number of fused-ring (bicyclic) bond motifs is 3. The van der Waals surface area contributed by atoms with E-state index in [0.717, 1.165) is 0 Å². The van der Waals surface area contributed by atoms with Gasteiger partial charge in [0, 0.05) is 5.56 Å². The molecular formula is C13H11N3O3S2. The van der Waals surface area contributed by atoms with Crippen LogP contribution in [0.25, 0.3) is 11.3 Å². The van der Waals surface area contributed by atoms with E-state index in [1.54, 1.807) is 16.8 Å². The molecule has 0 saturated carbocycles. The first-order valence-electron chi connectivity index (χ1n) is 6.47. The molecule has 1 saturated heterocycles. The molecule has 21 heavy (non-hydrogen) atoms. The first-order valence-corrected chi connectivity index (χ1v) is 9.17. The zero-order valence-corrected chi connectivity index (χ0v) is 12.5. The highest BCUT2D eigenvalue weighted by Crippen LogP contribution is 2.43. The number of sulfone groups is 1. The second-order valence-corrected chi connectivity index (χ2v) is 8.52. The van der Waals surface area contributed by atoms with Crippen LogP contribution in [0.4, 0.5) is 0 Å². The zero-order chi connectivity index (χ0) is 14.6. The van der Waals surface area contributed by atoms with Crippen LogP contribution >= 0.6 is 11.8 Å². The third-order valence-corrected chi connectivity index (χ3v) is 6.89. The molecule has 4 rings (SSSR count). The molecule has 0 N–H and O–H groups in total. The molecule has 1 aromatic carbocycles. The largest absolute Gasteiger partial charge is 0.300 e. The fraction of sp³-hybridized carbons (Fsp3) is 0.308. The van der Waals surface area contributed by atoms with Gasteiger partial charge in [0.25, 0.3) is 5.56 Å². The molecule has 0 radical (unpaired) electrons. The highest BCUT2D eigenvalue weighted by Gasteiger charge is 2.46. The topological polar surface area (TPSA) is 81.9 Å². The maximum Gasteiger partial charge on any atom is 0.300 e. The van der Waals surface area contributed by atoms with Gasteiger partial charge in [0.05, 0.1) is 22.8 Å². The standard InChI is InChI=1S/C13H11N3O3S2/c17-12-11(8-4-2-1-3-5-8)15-16-9-6-21(18,19)7-10(9)20-13(16)14-12/h1-5,9-10H,6-7H2. The SMILES string of the molecule is O=c1nc2n(nc1-c1ccccc1)C1CS(=O)(=O)CC1S2. The van der Waals surface area contributed by atoms with Gasteiger partial charge in [0.2, 0.25) is 0 Å². The summed E-state index contributed by atoms with van der Waals surface area (Å²) in [7, 11) is -3.02. The predicted octanol–water partition coefficient (Wildman–Crippen LogP) is 0.749. The first-order chi connectivity index (χ1) is 10.0. The third kappa shape index (κ3) is 2.09. The second-order valence-electron chi connectivity index (χ2n) is 5.16. The molecule has 2 atom stereocenters. The Morgan fingerprint density at radius 1 is 1.19 bits per heavy atom. The van der Waals surface area contributed by atoms with E-state index in [2.05, 4.69) is 10.1 Å². The number of rotatable bonds is 1. The number of benzene rings is 1. The average molecular weight is 321 g/mol. The Morgan fingerprint density at radius 3 is 2.71 bits per heavy atom. The van der Waals surface area contributed by atoms with Crippen LogP contribution in [-0.4, -0.2) is 39.9 Å². The number of hydrogen-bond acceptors (Lipinski definition) is 6. The van der Waals surface area contributed by atoms with Gasteiger partial charge in [-0.2, -0.15) is 10.1 Å². The summed E-state index contributed by atoms with van der Waals surface area (Å²) in [6.07, 6.45) is 0. The van der Waals surface area contributed by atoms with Gasteiger partial charge in [0.1, 0.15) is 0 Å². The summed E-state index contributed by atoms with van der Waals surface area (Å²) in [6.45, 7) is 0. The lowest BCUT2D eigenvalue weighted by molar-refractivity contribution is 0.464. The van der Waals surface area contributed by atoms with Crippen molar-refractivity contribution in [2.45, 2.75) is 16.4 Å². The van der Waals surface area contributed by atoms with Gasteiger partial charge in [-0.05, 0) is 0 Å². The van der Waals surface area contributed by atoms with Crippen molar-refractivity contribution in [3.63, 3.8) is 0 Å². The summed E-state index contributed by atoms with van der Waals surface area (Å²) in [6, 6.07) is 8.88. The van der Waals surface area contributed by atoms with Gasteiger partial charge >= 0.3 is 0 Å². The quantitative estimate of drug-likeness (QED) is 0.771. The average Bonchev–Trinajstić information content (AvgIpc) is 2.90. The highest BCUT2D eigenvalue weighted by molar-refractivity contribution is 8.02. The van der Waals surface area contributed by atoms with E-state index in [-0.39, 0.29) is 34.1 Å². The number of thioether (sulfide) groups is 1. The van der Waals surface area contributed by atoms with E-state index >= 15 is 0 Å². The Hall–Kier alpha value is -1.67.